The number of nitrogens with one attached hydrogen (secondary N) is 1. The van der Waals surface area contributed by atoms with Crippen molar-refractivity contribution in [2.75, 3.05) is 5.73 Å². The largest absolute Gasteiger partial charge is 0.399 e. The third-order valence-corrected chi connectivity index (χ3v) is 2.94. The number of hydrogen-bond acceptors (Lipinski definition) is 3. The Balaban J connectivity index is 2.27. The highest BCUT2D eigenvalue weighted by Crippen LogP contribution is 2.27. The van der Waals surface area contributed by atoms with E-state index in [1.165, 1.54) is 0 Å². The van der Waals surface area contributed by atoms with Gasteiger partial charge < -0.3 is 5.73 Å². The molecule has 3 N–H and O–H groups in total. The second-order valence-corrected chi connectivity index (χ2v) is 4.12. The Morgan fingerprint density at radius 1 is 1.38 bits per heavy atom. The van der Waals surface area contributed by atoms with Crippen molar-refractivity contribution >= 4 is 17.5 Å². The highest BCUT2D eigenvalue weighted by molar-refractivity contribution is 6.01. The van der Waals surface area contributed by atoms with Crippen molar-refractivity contribution in [3.8, 4) is 0 Å². The van der Waals surface area contributed by atoms with Gasteiger partial charge in [0, 0.05) is 12.1 Å². The van der Waals surface area contributed by atoms with E-state index in [4.69, 9.17) is 5.73 Å². The second kappa shape index (κ2) is 3.96. The molecule has 1 aromatic rings. The molecule has 4 nitrogen and oxygen atoms in total. The molecule has 0 bridgehead atoms. The van der Waals surface area contributed by atoms with Crippen LogP contribution in [0.4, 0.5) is 5.69 Å². The third-order valence-electron chi connectivity index (χ3n) is 2.94. The number of rotatable bonds is 1. The quantitative estimate of drug-likeness (QED) is 0.547. The molecule has 2 rings (SSSR count). The lowest BCUT2D eigenvalue weighted by atomic mass is 9.90. The minimum absolute atomic E-state index is 0.193. The molecule has 1 aliphatic rings. The zero-order valence-electron chi connectivity index (χ0n) is 9.12. The molecule has 1 atom stereocenters. The number of amides is 2. The van der Waals surface area contributed by atoms with Gasteiger partial charge in [0.25, 0.3) is 0 Å². The van der Waals surface area contributed by atoms with E-state index in [9.17, 15) is 9.59 Å². The molecule has 0 aliphatic carbocycles. The molecule has 84 valence electrons. The molecule has 1 saturated heterocycles. The van der Waals surface area contributed by atoms with Crippen molar-refractivity contribution < 1.29 is 9.59 Å². The van der Waals surface area contributed by atoms with Crippen molar-refractivity contribution in [2.45, 2.75) is 25.7 Å². The maximum absolute atomic E-state index is 11.6. The topological polar surface area (TPSA) is 72.2 Å². The van der Waals surface area contributed by atoms with Gasteiger partial charge in [-0.15, -0.1) is 0 Å². The lowest BCUT2D eigenvalue weighted by molar-refractivity contribution is -0.134. The Labute approximate surface area is 93.8 Å². The second-order valence-electron chi connectivity index (χ2n) is 4.12. The lowest BCUT2D eigenvalue weighted by Crippen LogP contribution is -2.39. The van der Waals surface area contributed by atoms with E-state index in [0.29, 0.717) is 18.5 Å². The average molecular weight is 218 g/mol. The number of hydrogen-bond donors (Lipinski definition) is 2. The maximum atomic E-state index is 11.6. The first-order valence-electron chi connectivity index (χ1n) is 5.27. The predicted octanol–water partition coefficient (Wildman–Crippen LogP) is 1.10. The summed E-state index contributed by atoms with van der Waals surface area (Å²) in [5.74, 6) is -0.665. The van der Waals surface area contributed by atoms with Gasteiger partial charge in [-0.3, -0.25) is 14.9 Å². The van der Waals surface area contributed by atoms with Gasteiger partial charge in [-0.25, -0.2) is 0 Å². The number of carbonyl (C=O) groups is 2. The molecule has 1 aromatic carbocycles. The van der Waals surface area contributed by atoms with Crippen LogP contribution in [0.15, 0.2) is 18.2 Å². The van der Waals surface area contributed by atoms with Gasteiger partial charge in [0.05, 0.1) is 5.92 Å². The molecular weight excluding hydrogens is 204 g/mol. The number of benzene rings is 1. The number of anilines is 1. The molecule has 1 heterocycles. The van der Waals surface area contributed by atoms with Crippen LogP contribution >= 0.6 is 0 Å². The third kappa shape index (κ3) is 1.91. The summed E-state index contributed by atoms with van der Waals surface area (Å²) in [4.78, 5) is 22.6. The Morgan fingerprint density at radius 3 is 2.75 bits per heavy atom. The van der Waals surface area contributed by atoms with Crippen LogP contribution in [0.3, 0.4) is 0 Å². The zero-order chi connectivity index (χ0) is 11.7. The molecule has 2 amide bonds. The van der Waals surface area contributed by atoms with Crippen LogP contribution in [-0.4, -0.2) is 11.8 Å². The fraction of sp³-hybridized carbons (Fsp3) is 0.333. The summed E-state index contributed by atoms with van der Waals surface area (Å²) in [6.07, 6.45) is 0.956. The summed E-state index contributed by atoms with van der Waals surface area (Å²) in [7, 11) is 0. The van der Waals surface area contributed by atoms with Gasteiger partial charge >= 0.3 is 0 Å². The summed E-state index contributed by atoms with van der Waals surface area (Å²) in [6, 6.07) is 5.61. The first-order chi connectivity index (χ1) is 7.58. The summed E-state index contributed by atoms with van der Waals surface area (Å²) in [5, 5.41) is 2.34. The number of aryl methyl sites for hydroxylation is 1. The van der Waals surface area contributed by atoms with Gasteiger partial charge in [0.1, 0.15) is 0 Å². The molecule has 0 spiro atoms. The minimum atomic E-state index is -0.249. The molecule has 0 saturated carbocycles. The van der Waals surface area contributed by atoms with Gasteiger partial charge in [-0.1, -0.05) is 12.1 Å². The highest BCUT2D eigenvalue weighted by Gasteiger charge is 2.27. The van der Waals surface area contributed by atoms with Crippen LogP contribution in [0.25, 0.3) is 0 Å². The monoisotopic (exact) mass is 218 g/mol. The predicted molar refractivity (Wildman–Crippen MR) is 60.7 cm³/mol. The molecular formula is C12H14N2O2. The Morgan fingerprint density at radius 2 is 2.12 bits per heavy atom. The zero-order valence-corrected chi connectivity index (χ0v) is 9.12. The van der Waals surface area contributed by atoms with Crippen LogP contribution in [0.1, 0.15) is 29.9 Å². The first kappa shape index (κ1) is 10.7. The normalized spacial score (nSPS) is 20.7. The van der Waals surface area contributed by atoms with Crippen molar-refractivity contribution in [2.24, 2.45) is 0 Å². The Bertz CT molecular complexity index is 454. The van der Waals surface area contributed by atoms with E-state index in [1.807, 2.05) is 25.1 Å². The minimum Gasteiger partial charge on any atom is -0.399 e. The number of carbonyl (C=O) groups excluding carboxylic acids is 2. The van der Waals surface area contributed by atoms with Gasteiger partial charge in [-0.2, -0.15) is 0 Å². The Kier molecular flexibility index (Phi) is 2.64. The summed E-state index contributed by atoms with van der Waals surface area (Å²) >= 11 is 0. The van der Waals surface area contributed by atoms with Crippen LogP contribution < -0.4 is 11.1 Å². The maximum Gasteiger partial charge on any atom is 0.234 e. The lowest BCUT2D eigenvalue weighted by Gasteiger charge is -2.21. The van der Waals surface area contributed by atoms with Crippen molar-refractivity contribution in [1.82, 2.24) is 5.32 Å². The van der Waals surface area contributed by atoms with Crippen LogP contribution in [0, 0.1) is 6.92 Å². The van der Waals surface area contributed by atoms with Gasteiger partial charge in [0.15, 0.2) is 0 Å². The van der Waals surface area contributed by atoms with Gasteiger partial charge in [-0.05, 0) is 30.5 Å². The summed E-state index contributed by atoms with van der Waals surface area (Å²) in [6.45, 7) is 1.92. The van der Waals surface area contributed by atoms with Crippen molar-refractivity contribution in [3.05, 3.63) is 29.3 Å². The molecule has 4 heteroatoms. The fourth-order valence-corrected chi connectivity index (χ4v) is 1.89. The van der Waals surface area contributed by atoms with Crippen molar-refractivity contribution in [1.29, 1.82) is 0 Å². The molecule has 1 aliphatic heterocycles. The highest BCUT2D eigenvalue weighted by atomic mass is 16.2. The van der Waals surface area contributed by atoms with E-state index in [1.54, 1.807) is 0 Å². The first-order valence-corrected chi connectivity index (χ1v) is 5.27. The van der Waals surface area contributed by atoms with E-state index >= 15 is 0 Å². The Hall–Kier alpha value is -1.84. The summed E-state index contributed by atoms with van der Waals surface area (Å²) in [5.41, 5.74) is 8.36. The van der Waals surface area contributed by atoms with Crippen molar-refractivity contribution in [3.63, 3.8) is 0 Å². The van der Waals surface area contributed by atoms with E-state index < -0.39 is 0 Å². The van der Waals surface area contributed by atoms with Crippen LogP contribution in [0.5, 0.6) is 0 Å². The number of piperidine rings is 1. The standard InChI is InChI=1S/C12H14N2O2/c1-7-2-3-8(6-10(7)13)9-4-5-11(15)14-12(9)16/h2-3,6,9H,4-5,13H2,1H3,(H,14,15,16). The van der Waals surface area contributed by atoms with Crippen LogP contribution in [-0.2, 0) is 9.59 Å². The number of nitrogen functional groups attached to an aromatic ring is 1. The summed E-state index contributed by atoms with van der Waals surface area (Å²) < 4.78 is 0. The van der Waals surface area contributed by atoms with E-state index in [2.05, 4.69) is 5.32 Å². The van der Waals surface area contributed by atoms with E-state index in [-0.39, 0.29) is 17.7 Å². The smallest absolute Gasteiger partial charge is 0.234 e. The number of nitrogens with two attached hydrogens (primary N) is 1. The van der Waals surface area contributed by atoms with Gasteiger partial charge in [0.2, 0.25) is 11.8 Å². The van der Waals surface area contributed by atoms with E-state index in [0.717, 1.165) is 11.1 Å². The molecule has 1 unspecified atom stereocenters. The molecule has 1 fully saturated rings. The molecule has 0 aromatic heterocycles. The molecule has 0 radical (unpaired) electrons. The number of imide groups is 1. The SMILES string of the molecule is Cc1ccc(C2CCC(=O)NC2=O)cc1N. The fourth-order valence-electron chi connectivity index (χ4n) is 1.89. The average Bonchev–Trinajstić information content (AvgIpc) is 2.22. The van der Waals surface area contributed by atoms with Crippen LogP contribution in [0.2, 0.25) is 0 Å². The molecule has 16 heavy (non-hydrogen) atoms.